The van der Waals surface area contributed by atoms with Gasteiger partial charge in [-0.25, -0.2) is 0 Å². The molecule has 3 heteroatoms. The highest BCUT2D eigenvalue weighted by atomic mass is 79.9. The summed E-state index contributed by atoms with van der Waals surface area (Å²) >= 11 is 3.36. The van der Waals surface area contributed by atoms with Gasteiger partial charge in [-0.15, -0.1) is 0 Å². The molecule has 1 aliphatic rings. The van der Waals surface area contributed by atoms with Gasteiger partial charge in [0.15, 0.2) is 0 Å². The van der Waals surface area contributed by atoms with Crippen LogP contribution in [0.5, 0.6) is 0 Å². The zero-order valence-corrected chi connectivity index (χ0v) is 8.43. The van der Waals surface area contributed by atoms with Crippen LogP contribution in [-0.4, -0.2) is 28.7 Å². The summed E-state index contributed by atoms with van der Waals surface area (Å²) in [5.41, 5.74) is 0. The molecule has 1 rings (SSSR count). The summed E-state index contributed by atoms with van der Waals surface area (Å²) in [6, 6.07) is 0. The van der Waals surface area contributed by atoms with Crippen LogP contribution in [0, 0.1) is 0 Å². The Morgan fingerprint density at radius 1 is 1.55 bits per heavy atom. The quantitative estimate of drug-likeness (QED) is 0.649. The molecule has 0 aromatic heterocycles. The van der Waals surface area contributed by atoms with Gasteiger partial charge in [-0.05, 0) is 19.3 Å². The molecule has 1 atom stereocenters. The highest BCUT2D eigenvalue weighted by Crippen LogP contribution is 2.14. The molecule has 11 heavy (non-hydrogen) atoms. The number of alkyl halides is 1. The summed E-state index contributed by atoms with van der Waals surface area (Å²) in [6.45, 7) is 3.94. The van der Waals surface area contributed by atoms with Crippen molar-refractivity contribution in [3.63, 3.8) is 0 Å². The lowest BCUT2D eigenvalue weighted by Gasteiger charge is -2.17. The van der Waals surface area contributed by atoms with E-state index in [1.54, 1.807) is 0 Å². The van der Waals surface area contributed by atoms with E-state index < -0.39 is 0 Å². The number of carbonyl (C=O) groups is 1. The third kappa shape index (κ3) is 2.19. The van der Waals surface area contributed by atoms with Gasteiger partial charge in [-0.3, -0.25) is 4.79 Å². The molecule has 1 heterocycles. The van der Waals surface area contributed by atoms with Gasteiger partial charge < -0.3 is 4.90 Å². The summed E-state index contributed by atoms with van der Waals surface area (Å²) in [4.78, 5) is 13.4. The van der Waals surface area contributed by atoms with Crippen LogP contribution in [0.15, 0.2) is 0 Å². The third-order valence-corrected chi connectivity index (χ3v) is 3.08. The molecule has 0 radical (unpaired) electrons. The highest BCUT2D eigenvalue weighted by molar-refractivity contribution is 9.10. The predicted molar refractivity (Wildman–Crippen MR) is 48.8 cm³/mol. The summed E-state index contributed by atoms with van der Waals surface area (Å²) < 4.78 is 0. The standard InChI is InChI=1S/C8H14BrNO/c1-2-7(9)8(11)10-5-3-4-6-10/h7H,2-6H2,1H3. The molecule has 1 saturated heterocycles. The normalized spacial score (nSPS) is 20.4. The predicted octanol–water partition coefficient (Wildman–Crippen LogP) is 1.78. The monoisotopic (exact) mass is 219 g/mol. The van der Waals surface area contributed by atoms with E-state index in [0.29, 0.717) is 0 Å². The molecule has 1 unspecified atom stereocenters. The number of hydrogen-bond donors (Lipinski definition) is 0. The minimum Gasteiger partial charge on any atom is -0.342 e. The van der Waals surface area contributed by atoms with Crippen molar-refractivity contribution in [1.82, 2.24) is 4.90 Å². The van der Waals surface area contributed by atoms with Gasteiger partial charge in [0.05, 0.1) is 4.83 Å². The third-order valence-electron chi connectivity index (χ3n) is 2.04. The van der Waals surface area contributed by atoms with E-state index in [9.17, 15) is 4.79 Å². The van der Waals surface area contributed by atoms with Crippen LogP contribution in [0.4, 0.5) is 0 Å². The Balaban J connectivity index is 2.39. The van der Waals surface area contributed by atoms with Crippen molar-refractivity contribution in [3.05, 3.63) is 0 Å². The summed E-state index contributed by atoms with van der Waals surface area (Å²) in [7, 11) is 0. The molecule has 0 bridgehead atoms. The Bertz CT molecular complexity index is 143. The van der Waals surface area contributed by atoms with Crippen molar-refractivity contribution in [1.29, 1.82) is 0 Å². The smallest absolute Gasteiger partial charge is 0.236 e. The zero-order valence-electron chi connectivity index (χ0n) is 6.85. The van der Waals surface area contributed by atoms with E-state index in [0.717, 1.165) is 19.5 Å². The Morgan fingerprint density at radius 2 is 2.09 bits per heavy atom. The minimum atomic E-state index is 0.0422. The Kier molecular flexibility index (Phi) is 3.37. The molecule has 2 nitrogen and oxygen atoms in total. The molecule has 0 aromatic rings. The number of rotatable bonds is 2. The van der Waals surface area contributed by atoms with Gasteiger partial charge in [-0.1, -0.05) is 22.9 Å². The van der Waals surface area contributed by atoms with Crippen molar-refractivity contribution in [2.24, 2.45) is 0 Å². The molecule has 0 aromatic carbocycles. The Labute approximate surface area is 76.1 Å². The molecule has 0 saturated carbocycles. The maximum absolute atomic E-state index is 11.5. The SMILES string of the molecule is CCC(Br)C(=O)N1CCCC1. The van der Waals surface area contributed by atoms with Crippen LogP contribution in [0.2, 0.25) is 0 Å². The zero-order chi connectivity index (χ0) is 8.27. The number of hydrogen-bond acceptors (Lipinski definition) is 1. The first-order valence-corrected chi connectivity index (χ1v) is 5.10. The maximum atomic E-state index is 11.5. The lowest BCUT2D eigenvalue weighted by molar-refractivity contribution is -0.129. The highest BCUT2D eigenvalue weighted by Gasteiger charge is 2.22. The fourth-order valence-electron chi connectivity index (χ4n) is 1.31. The van der Waals surface area contributed by atoms with E-state index in [1.807, 2.05) is 11.8 Å². The van der Waals surface area contributed by atoms with Crippen LogP contribution in [-0.2, 0) is 4.79 Å². The van der Waals surface area contributed by atoms with E-state index in [4.69, 9.17) is 0 Å². The second kappa shape index (κ2) is 4.10. The van der Waals surface area contributed by atoms with Crippen molar-refractivity contribution in [2.45, 2.75) is 31.0 Å². The molecule has 64 valence electrons. The summed E-state index contributed by atoms with van der Waals surface area (Å²) in [6.07, 6.45) is 3.24. The van der Waals surface area contributed by atoms with Gasteiger partial charge in [0.25, 0.3) is 0 Å². The molecular formula is C8H14BrNO. The summed E-state index contributed by atoms with van der Waals surface area (Å²) in [5.74, 6) is 0.269. The van der Waals surface area contributed by atoms with Crippen LogP contribution in [0.1, 0.15) is 26.2 Å². The fraction of sp³-hybridized carbons (Fsp3) is 0.875. The van der Waals surface area contributed by atoms with Crippen molar-refractivity contribution >= 4 is 21.8 Å². The van der Waals surface area contributed by atoms with E-state index in [1.165, 1.54) is 12.8 Å². The largest absolute Gasteiger partial charge is 0.342 e. The van der Waals surface area contributed by atoms with E-state index in [-0.39, 0.29) is 10.7 Å². The van der Waals surface area contributed by atoms with Crippen LogP contribution in [0.25, 0.3) is 0 Å². The molecule has 1 amide bonds. The average molecular weight is 220 g/mol. The first-order valence-electron chi connectivity index (χ1n) is 4.18. The summed E-state index contributed by atoms with van der Waals surface area (Å²) in [5, 5.41) is 0. The van der Waals surface area contributed by atoms with Gasteiger partial charge in [-0.2, -0.15) is 0 Å². The number of carbonyl (C=O) groups excluding carboxylic acids is 1. The lowest BCUT2D eigenvalue weighted by atomic mass is 10.3. The molecule has 1 aliphatic heterocycles. The molecule has 0 aliphatic carbocycles. The maximum Gasteiger partial charge on any atom is 0.236 e. The van der Waals surface area contributed by atoms with Crippen molar-refractivity contribution < 1.29 is 4.79 Å². The van der Waals surface area contributed by atoms with E-state index >= 15 is 0 Å². The Morgan fingerprint density at radius 3 is 2.55 bits per heavy atom. The molecule has 0 spiro atoms. The average Bonchev–Trinajstić information content (AvgIpc) is 2.53. The minimum absolute atomic E-state index is 0.0422. The fourth-order valence-corrected chi connectivity index (χ4v) is 1.60. The topological polar surface area (TPSA) is 20.3 Å². The van der Waals surface area contributed by atoms with Crippen LogP contribution in [0.3, 0.4) is 0 Å². The van der Waals surface area contributed by atoms with Crippen molar-refractivity contribution in [2.75, 3.05) is 13.1 Å². The van der Waals surface area contributed by atoms with Crippen LogP contribution < -0.4 is 0 Å². The second-order valence-corrected chi connectivity index (χ2v) is 4.01. The van der Waals surface area contributed by atoms with Crippen LogP contribution >= 0.6 is 15.9 Å². The van der Waals surface area contributed by atoms with Gasteiger partial charge in [0, 0.05) is 13.1 Å². The van der Waals surface area contributed by atoms with Gasteiger partial charge in [0.1, 0.15) is 0 Å². The second-order valence-electron chi connectivity index (χ2n) is 2.91. The Hall–Kier alpha value is -0.0500. The van der Waals surface area contributed by atoms with Gasteiger partial charge in [0.2, 0.25) is 5.91 Å². The molecule has 1 fully saturated rings. The lowest BCUT2D eigenvalue weighted by Crippen LogP contribution is -2.33. The van der Waals surface area contributed by atoms with Gasteiger partial charge >= 0.3 is 0 Å². The van der Waals surface area contributed by atoms with E-state index in [2.05, 4.69) is 15.9 Å². The first-order chi connectivity index (χ1) is 5.25. The molecular weight excluding hydrogens is 206 g/mol. The number of halogens is 1. The molecule has 0 N–H and O–H groups in total. The number of amides is 1. The number of likely N-dealkylation sites (tertiary alicyclic amines) is 1. The number of nitrogens with zero attached hydrogens (tertiary/aromatic N) is 1. The first kappa shape index (κ1) is 9.04. The van der Waals surface area contributed by atoms with Crippen molar-refractivity contribution in [3.8, 4) is 0 Å².